The van der Waals surface area contributed by atoms with Crippen LogP contribution in [0, 0.1) is 0 Å². The van der Waals surface area contributed by atoms with Crippen molar-refractivity contribution < 1.29 is 9.53 Å². The minimum Gasteiger partial charge on any atom is -0.364 e. The van der Waals surface area contributed by atoms with E-state index >= 15 is 0 Å². The van der Waals surface area contributed by atoms with Crippen molar-refractivity contribution in [3.63, 3.8) is 0 Å². The van der Waals surface area contributed by atoms with Crippen LogP contribution < -0.4 is 11.1 Å². The van der Waals surface area contributed by atoms with E-state index in [1.54, 1.807) is 13.0 Å². The second-order valence-corrected chi connectivity index (χ2v) is 4.65. The van der Waals surface area contributed by atoms with Crippen molar-refractivity contribution in [2.75, 3.05) is 6.54 Å². The predicted octanol–water partition coefficient (Wildman–Crippen LogP) is 1.35. The average molecular weight is 240 g/mol. The molecule has 1 amide bonds. The van der Waals surface area contributed by atoms with Crippen molar-refractivity contribution in [2.24, 2.45) is 5.73 Å². The van der Waals surface area contributed by atoms with E-state index in [0.29, 0.717) is 6.54 Å². The Labute approximate surface area is 104 Å². The number of nitrogens with two attached hydrogens (primary N) is 1. The molecule has 4 heteroatoms. The van der Waals surface area contributed by atoms with E-state index < -0.39 is 6.10 Å². The highest BCUT2D eigenvalue weighted by Gasteiger charge is 2.25. The van der Waals surface area contributed by atoms with Gasteiger partial charge in [-0.25, -0.2) is 0 Å². The Morgan fingerprint density at radius 2 is 2.24 bits per heavy atom. The number of amides is 1. The van der Waals surface area contributed by atoms with Gasteiger partial charge in [-0.2, -0.15) is 0 Å². The number of carbonyl (C=O) groups is 1. The lowest BCUT2D eigenvalue weighted by atomic mass is 10.1. The van der Waals surface area contributed by atoms with Crippen molar-refractivity contribution >= 4 is 5.91 Å². The molecular formula is C13H24N2O2. The average Bonchev–Trinajstić information content (AvgIpc) is 2.52. The molecule has 0 aromatic heterocycles. The van der Waals surface area contributed by atoms with Crippen molar-refractivity contribution in [3.8, 4) is 0 Å². The highest BCUT2D eigenvalue weighted by Crippen LogP contribution is 2.20. The fourth-order valence-corrected chi connectivity index (χ4v) is 2.11. The van der Waals surface area contributed by atoms with Crippen molar-refractivity contribution in [1.82, 2.24) is 5.32 Å². The lowest BCUT2D eigenvalue weighted by Gasteiger charge is -2.25. The predicted molar refractivity (Wildman–Crippen MR) is 68.6 cm³/mol. The first-order valence-corrected chi connectivity index (χ1v) is 6.44. The largest absolute Gasteiger partial charge is 0.364 e. The van der Waals surface area contributed by atoms with Crippen molar-refractivity contribution in [1.29, 1.82) is 0 Å². The molecule has 1 fully saturated rings. The molecule has 3 N–H and O–H groups in total. The van der Waals surface area contributed by atoms with Gasteiger partial charge in [0, 0.05) is 12.6 Å². The van der Waals surface area contributed by atoms with Gasteiger partial charge in [0.05, 0.1) is 6.10 Å². The molecule has 1 saturated carbocycles. The van der Waals surface area contributed by atoms with Gasteiger partial charge in [-0.3, -0.25) is 4.79 Å². The SMILES string of the molecule is C=CCNC(=O)C(C)OC1CCCCCC1N. The molecule has 0 saturated heterocycles. The minimum absolute atomic E-state index is 0.0157. The van der Waals surface area contributed by atoms with Crippen LogP contribution >= 0.6 is 0 Å². The summed E-state index contributed by atoms with van der Waals surface area (Å²) in [5, 5.41) is 2.73. The molecule has 1 aliphatic rings. The summed E-state index contributed by atoms with van der Waals surface area (Å²) in [6.45, 7) is 5.81. The number of ether oxygens (including phenoxy) is 1. The fraction of sp³-hybridized carbons (Fsp3) is 0.769. The summed E-state index contributed by atoms with van der Waals surface area (Å²) in [6.07, 6.45) is 6.70. The zero-order valence-electron chi connectivity index (χ0n) is 10.7. The first-order valence-electron chi connectivity index (χ1n) is 6.44. The van der Waals surface area contributed by atoms with Gasteiger partial charge in [0.25, 0.3) is 0 Å². The van der Waals surface area contributed by atoms with E-state index in [0.717, 1.165) is 25.7 Å². The Hall–Kier alpha value is -0.870. The Balaban J connectivity index is 2.39. The van der Waals surface area contributed by atoms with Crippen LogP contribution in [0.2, 0.25) is 0 Å². The van der Waals surface area contributed by atoms with E-state index in [1.165, 1.54) is 6.42 Å². The normalized spacial score (nSPS) is 26.9. The van der Waals surface area contributed by atoms with E-state index in [2.05, 4.69) is 11.9 Å². The van der Waals surface area contributed by atoms with Crippen LogP contribution in [0.1, 0.15) is 39.0 Å². The second-order valence-electron chi connectivity index (χ2n) is 4.65. The van der Waals surface area contributed by atoms with Crippen LogP contribution in [0.3, 0.4) is 0 Å². The molecule has 1 rings (SSSR count). The molecule has 4 nitrogen and oxygen atoms in total. The molecule has 0 heterocycles. The molecular weight excluding hydrogens is 216 g/mol. The Bertz CT molecular complexity index is 256. The molecule has 0 spiro atoms. The molecule has 0 radical (unpaired) electrons. The standard InChI is InChI=1S/C13H24N2O2/c1-3-9-15-13(16)10(2)17-12-8-6-4-5-7-11(12)14/h3,10-12H,1,4-9,14H2,2H3,(H,15,16). The van der Waals surface area contributed by atoms with Gasteiger partial charge in [0.2, 0.25) is 5.91 Å². The van der Waals surface area contributed by atoms with E-state index in [4.69, 9.17) is 10.5 Å². The van der Waals surface area contributed by atoms with E-state index in [-0.39, 0.29) is 18.1 Å². The van der Waals surface area contributed by atoms with Gasteiger partial charge in [-0.05, 0) is 19.8 Å². The molecule has 98 valence electrons. The third-order valence-corrected chi connectivity index (χ3v) is 3.17. The summed E-state index contributed by atoms with van der Waals surface area (Å²) in [5.74, 6) is -0.0960. The Morgan fingerprint density at radius 3 is 2.94 bits per heavy atom. The molecule has 0 bridgehead atoms. The van der Waals surface area contributed by atoms with Gasteiger partial charge in [0.15, 0.2) is 0 Å². The van der Waals surface area contributed by atoms with Gasteiger partial charge < -0.3 is 15.8 Å². The lowest BCUT2D eigenvalue weighted by molar-refractivity contribution is -0.136. The highest BCUT2D eigenvalue weighted by molar-refractivity contribution is 5.80. The van der Waals surface area contributed by atoms with Crippen LogP contribution in [0.15, 0.2) is 12.7 Å². The molecule has 0 aliphatic heterocycles. The molecule has 0 aromatic carbocycles. The number of nitrogens with one attached hydrogen (secondary N) is 1. The zero-order chi connectivity index (χ0) is 12.7. The highest BCUT2D eigenvalue weighted by atomic mass is 16.5. The molecule has 3 atom stereocenters. The topological polar surface area (TPSA) is 64.3 Å². The van der Waals surface area contributed by atoms with Crippen molar-refractivity contribution in [2.45, 2.75) is 57.3 Å². The number of carbonyl (C=O) groups excluding carboxylic acids is 1. The Morgan fingerprint density at radius 1 is 1.53 bits per heavy atom. The number of rotatable bonds is 5. The van der Waals surface area contributed by atoms with Gasteiger partial charge in [0.1, 0.15) is 6.10 Å². The van der Waals surface area contributed by atoms with Gasteiger partial charge in [-0.1, -0.05) is 25.3 Å². The molecule has 3 unspecified atom stereocenters. The van der Waals surface area contributed by atoms with Crippen LogP contribution in [0.25, 0.3) is 0 Å². The second kappa shape index (κ2) is 7.45. The quantitative estimate of drug-likeness (QED) is 0.563. The summed E-state index contributed by atoms with van der Waals surface area (Å²) in [4.78, 5) is 11.6. The van der Waals surface area contributed by atoms with E-state index in [9.17, 15) is 4.79 Å². The molecule has 17 heavy (non-hydrogen) atoms. The first kappa shape index (κ1) is 14.2. The maximum Gasteiger partial charge on any atom is 0.249 e. The summed E-state index contributed by atoms with van der Waals surface area (Å²) in [5.41, 5.74) is 6.05. The van der Waals surface area contributed by atoms with Crippen LogP contribution in [0.4, 0.5) is 0 Å². The summed E-state index contributed by atoms with van der Waals surface area (Å²) in [7, 11) is 0. The third kappa shape index (κ3) is 4.88. The van der Waals surface area contributed by atoms with Crippen LogP contribution in [-0.2, 0) is 9.53 Å². The Kier molecular flexibility index (Phi) is 6.22. The minimum atomic E-state index is -0.441. The number of hydrogen-bond acceptors (Lipinski definition) is 3. The maximum absolute atomic E-state index is 11.6. The van der Waals surface area contributed by atoms with Crippen LogP contribution in [-0.4, -0.2) is 30.7 Å². The van der Waals surface area contributed by atoms with Crippen LogP contribution in [0.5, 0.6) is 0 Å². The summed E-state index contributed by atoms with van der Waals surface area (Å²) < 4.78 is 5.77. The monoisotopic (exact) mass is 240 g/mol. The lowest BCUT2D eigenvalue weighted by Crippen LogP contribution is -2.42. The smallest absolute Gasteiger partial charge is 0.249 e. The summed E-state index contributed by atoms with van der Waals surface area (Å²) in [6, 6.07) is 0.0622. The number of hydrogen-bond donors (Lipinski definition) is 2. The van der Waals surface area contributed by atoms with Crippen molar-refractivity contribution in [3.05, 3.63) is 12.7 Å². The van der Waals surface area contributed by atoms with Gasteiger partial charge in [-0.15, -0.1) is 6.58 Å². The fourth-order valence-electron chi connectivity index (χ4n) is 2.11. The molecule has 1 aliphatic carbocycles. The third-order valence-electron chi connectivity index (χ3n) is 3.17. The maximum atomic E-state index is 11.6. The van der Waals surface area contributed by atoms with Gasteiger partial charge >= 0.3 is 0 Å². The molecule has 0 aromatic rings. The first-order chi connectivity index (χ1) is 8.15. The zero-order valence-corrected chi connectivity index (χ0v) is 10.7. The summed E-state index contributed by atoms with van der Waals surface area (Å²) >= 11 is 0. The van der Waals surface area contributed by atoms with E-state index in [1.807, 2.05) is 0 Å².